The maximum absolute atomic E-state index is 4.04. The lowest BCUT2D eigenvalue weighted by Gasteiger charge is -2.02. The molecule has 0 amide bonds. The van der Waals surface area contributed by atoms with Crippen molar-refractivity contribution in [3.63, 3.8) is 0 Å². The highest BCUT2D eigenvalue weighted by Crippen LogP contribution is 2.23. The van der Waals surface area contributed by atoms with Crippen LogP contribution >= 0.6 is 0 Å². The van der Waals surface area contributed by atoms with Gasteiger partial charge in [-0.1, -0.05) is 30.3 Å². The molecule has 2 rings (SSSR count). The fourth-order valence-corrected chi connectivity index (χ4v) is 1.53. The zero-order valence-electron chi connectivity index (χ0n) is 7.78. The van der Waals surface area contributed by atoms with Crippen LogP contribution in [0.3, 0.4) is 0 Å². The molecular weight excluding hydrogens is 160 g/mol. The molecule has 0 saturated heterocycles. The van der Waals surface area contributed by atoms with E-state index >= 15 is 0 Å². The first kappa shape index (κ1) is 8.05. The van der Waals surface area contributed by atoms with Crippen LogP contribution in [0.1, 0.15) is 19.4 Å². The Morgan fingerprint density at radius 2 is 1.69 bits per heavy atom. The molecule has 1 aliphatic rings. The van der Waals surface area contributed by atoms with Gasteiger partial charge in [-0.15, -0.1) is 0 Å². The third-order valence-corrected chi connectivity index (χ3v) is 2.14. The van der Waals surface area contributed by atoms with Crippen LogP contribution in [-0.4, -0.2) is 5.71 Å². The minimum Gasteiger partial charge on any atom is -0.155 e. The van der Waals surface area contributed by atoms with Crippen LogP contribution in [0.25, 0.3) is 5.57 Å². The number of hydrogen-bond acceptors (Lipinski definition) is 1. The molecule has 0 unspecified atom stereocenters. The Morgan fingerprint density at radius 3 is 2.23 bits per heavy atom. The predicted molar refractivity (Wildman–Crippen MR) is 54.3 cm³/mol. The third-order valence-electron chi connectivity index (χ3n) is 2.14. The fraction of sp³-hybridized carbons (Fsp3) is 0.182. The Bertz CT molecular complexity index is 374. The molecule has 0 atom stereocenters. The minimum atomic E-state index is 1.00. The lowest BCUT2D eigenvalue weighted by Crippen LogP contribution is -1.93. The van der Waals surface area contributed by atoms with Gasteiger partial charge in [-0.3, -0.25) is 0 Å². The summed E-state index contributed by atoms with van der Waals surface area (Å²) in [6.07, 6.45) is 0. The second-order valence-corrected chi connectivity index (χ2v) is 3.11. The molecule has 0 bridgehead atoms. The Hall–Kier alpha value is -1.57. The molecule has 2 nitrogen and oxygen atoms in total. The van der Waals surface area contributed by atoms with Crippen LogP contribution in [-0.2, 0) is 0 Å². The van der Waals surface area contributed by atoms with E-state index in [0.29, 0.717) is 0 Å². The minimum absolute atomic E-state index is 1.00. The molecule has 1 aromatic rings. The summed E-state index contributed by atoms with van der Waals surface area (Å²) in [6, 6.07) is 10.2. The largest absolute Gasteiger partial charge is 0.155 e. The van der Waals surface area contributed by atoms with E-state index in [1.807, 2.05) is 32.0 Å². The average molecular weight is 171 g/mol. The van der Waals surface area contributed by atoms with Crippen molar-refractivity contribution in [3.05, 3.63) is 41.6 Å². The summed E-state index contributed by atoms with van der Waals surface area (Å²) in [6.45, 7) is 3.98. The van der Waals surface area contributed by atoms with Crippen molar-refractivity contribution in [3.8, 4) is 0 Å². The lowest BCUT2D eigenvalue weighted by molar-refractivity contribution is 0.896. The van der Waals surface area contributed by atoms with E-state index < -0.39 is 0 Å². The van der Waals surface area contributed by atoms with Crippen LogP contribution < -0.4 is 5.43 Å². The topological polar surface area (TPSA) is 26.5 Å². The Labute approximate surface area is 78.0 Å². The van der Waals surface area contributed by atoms with Gasteiger partial charge in [0.1, 0.15) is 0 Å². The monoisotopic (exact) mass is 171 g/mol. The molecule has 1 aliphatic heterocycles. The SMILES string of the molecule is CC1=N[N]C(C)=C1c1ccccc1. The van der Waals surface area contributed by atoms with Gasteiger partial charge in [0.15, 0.2) is 0 Å². The van der Waals surface area contributed by atoms with E-state index in [9.17, 15) is 0 Å². The molecular formula is C11H11N2. The van der Waals surface area contributed by atoms with Crippen LogP contribution in [0.4, 0.5) is 0 Å². The standard InChI is InChI=1S/C11H11N2/c1-8-11(9(2)13-12-8)10-6-4-3-5-7-10/h3-7H,1-2H3. The Kier molecular flexibility index (Phi) is 1.89. The first-order valence-corrected chi connectivity index (χ1v) is 4.31. The first-order chi connectivity index (χ1) is 6.29. The van der Waals surface area contributed by atoms with Crippen LogP contribution in [0.5, 0.6) is 0 Å². The Balaban J connectivity index is 2.48. The maximum atomic E-state index is 4.04. The van der Waals surface area contributed by atoms with Crippen LogP contribution in [0.15, 0.2) is 41.1 Å². The molecule has 0 spiro atoms. The van der Waals surface area contributed by atoms with Crippen molar-refractivity contribution < 1.29 is 0 Å². The van der Waals surface area contributed by atoms with Crippen molar-refractivity contribution in [1.82, 2.24) is 5.43 Å². The normalized spacial score (nSPS) is 15.7. The maximum Gasteiger partial charge on any atom is 0.0696 e. The average Bonchev–Trinajstić information content (AvgIpc) is 2.48. The van der Waals surface area contributed by atoms with E-state index in [0.717, 1.165) is 11.4 Å². The zero-order valence-corrected chi connectivity index (χ0v) is 7.78. The van der Waals surface area contributed by atoms with E-state index in [4.69, 9.17) is 0 Å². The molecule has 2 heteroatoms. The molecule has 1 heterocycles. The van der Waals surface area contributed by atoms with E-state index in [2.05, 4.69) is 22.7 Å². The molecule has 65 valence electrons. The van der Waals surface area contributed by atoms with Gasteiger partial charge in [-0.25, -0.2) is 0 Å². The quantitative estimate of drug-likeness (QED) is 0.620. The number of hydrogen-bond donors (Lipinski definition) is 0. The van der Waals surface area contributed by atoms with Crippen LogP contribution in [0.2, 0.25) is 0 Å². The molecule has 1 aromatic carbocycles. The lowest BCUT2D eigenvalue weighted by atomic mass is 10.0. The zero-order chi connectivity index (χ0) is 9.26. The van der Waals surface area contributed by atoms with Crippen molar-refractivity contribution >= 4 is 11.3 Å². The summed E-state index contributed by atoms with van der Waals surface area (Å²) in [5.74, 6) is 0. The van der Waals surface area contributed by atoms with Gasteiger partial charge >= 0.3 is 0 Å². The highest BCUT2D eigenvalue weighted by molar-refractivity contribution is 6.24. The summed E-state index contributed by atoms with van der Waals surface area (Å²) < 4.78 is 0. The third kappa shape index (κ3) is 1.35. The second kappa shape index (κ2) is 3.05. The van der Waals surface area contributed by atoms with E-state index in [1.165, 1.54) is 11.1 Å². The number of benzene rings is 1. The van der Waals surface area contributed by atoms with Gasteiger partial charge in [-0.05, 0) is 19.4 Å². The van der Waals surface area contributed by atoms with Gasteiger partial charge in [0.2, 0.25) is 0 Å². The van der Waals surface area contributed by atoms with Crippen molar-refractivity contribution in [1.29, 1.82) is 0 Å². The molecule has 0 N–H and O–H groups in total. The molecule has 0 fully saturated rings. The van der Waals surface area contributed by atoms with Crippen molar-refractivity contribution in [2.45, 2.75) is 13.8 Å². The second-order valence-electron chi connectivity index (χ2n) is 3.11. The highest BCUT2D eigenvalue weighted by Gasteiger charge is 2.15. The fourth-order valence-electron chi connectivity index (χ4n) is 1.53. The predicted octanol–water partition coefficient (Wildman–Crippen LogP) is 2.41. The summed E-state index contributed by atoms with van der Waals surface area (Å²) in [5, 5.41) is 4.04. The molecule has 0 aromatic heterocycles. The summed E-state index contributed by atoms with van der Waals surface area (Å²) in [7, 11) is 0. The number of rotatable bonds is 1. The van der Waals surface area contributed by atoms with Gasteiger partial charge in [-0.2, -0.15) is 10.5 Å². The first-order valence-electron chi connectivity index (χ1n) is 4.31. The van der Waals surface area contributed by atoms with Gasteiger partial charge in [0, 0.05) is 5.57 Å². The van der Waals surface area contributed by atoms with Crippen molar-refractivity contribution in [2.75, 3.05) is 0 Å². The summed E-state index contributed by atoms with van der Waals surface area (Å²) in [5.41, 5.74) is 8.41. The van der Waals surface area contributed by atoms with Crippen LogP contribution in [0, 0.1) is 0 Å². The highest BCUT2D eigenvalue weighted by atomic mass is 15.3. The van der Waals surface area contributed by atoms with E-state index in [-0.39, 0.29) is 0 Å². The smallest absolute Gasteiger partial charge is 0.0696 e. The number of allylic oxidation sites excluding steroid dienone is 2. The summed E-state index contributed by atoms with van der Waals surface area (Å²) in [4.78, 5) is 0. The van der Waals surface area contributed by atoms with Crippen molar-refractivity contribution in [2.24, 2.45) is 5.10 Å². The summed E-state index contributed by atoms with van der Waals surface area (Å²) >= 11 is 0. The molecule has 0 aliphatic carbocycles. The molecule has 13 heavy (non-hydrogen) atoms. The van der Waals surface area contributed by atoms with E-state index in [1.54, 1.807) is 0 Å². The van der Waals surface area contributed by atoms with Gasteiger partial charge in [0.05, 0.1) is 11.4 Å². The van der Waals surface area contributed by atoms with Gasteiger partial charge in [0.25, 0.3) is 0 Å². The number of nitrogens with zero attached hydrogens (tertiary/aromatic N) is 2. The Morgan fingerprint density at radius 1 is 1.00 bits per heavy atom. The van der Waals surface area contributed by atoms with Gasteiger partial charge < -0.3 is 0 Å². The molecule has 1 radical (unpaired) electrons. The molecule has 0 saturated carbocycles.